The summed E-state index contributed by atoms with van der Waals surface area (Å²) in [6.07, 6.45) is 6.32. The van der Waals surface area contributed by atoms with Crippen molar-refractivity contribution in [3.05, 3.63) is 51.9 Å². The Labute approximate surface area is 211 Å². The maximum absolute atomic E-state index is 13.2. The maximum atomic E-state index is 13.2. The summed E-state index contributed by atoms with van der Waals surface area (Å²) in [5, 5.41) is 3.52. The number of thiophene rings is 1. The quantitative estimate of drug-likeness (QED) is 0.496. The third kappa shape index (κ3) is 6.32. The lowest BCUT2D eigenvalue weighted by molar-refractivity contribution is -0.120. The van der Waals surface area contributed by atoms with E-state index in [0.29, 0.717) is 42.8 Å². The van der Waals surface area contributed by atoms with E-state index in [2.05, 4.69) is 5.32 Å². The van der Waals surface area contributed by atoms with Gasteiger partial charge in [-0.15, -0.1) is 11.3 Å². The highest BCUT2D eigenvalue weighted by Crippen LogP contribution is 2.39. The molecule has 1 saturated heterocycles. The van der Waals surface area contributed by atoms with Gasteiger partial charge in [-0.05, 0) is 69.4 Å². The van der Waals surface area contributed by atoms with Gasteiger partial charge in [0.1, 0.15) is 5.00 Å². The minimum Gasteiger partial charge on any atom is -0.462 e. The van der Waals surface area contributed by atoms with Gasteiger partial charge in [0.2, 0.25) is 15.9 Å². The highest BCUT2D eigenvalue weighted by atomic mass is 32.2. The summed E-state index contributed by atoms with van der Waals surface area (Å²) in [5.74, 6) is -0.991. The molecule has 0 spiro atoms. The van der Waals surface area contributed by atoms with Crippen molar-refractivity contribution in [1.29, 1.82) is 0 Å². The summed E-state index contributed by atoms with van der Waals surface area (Å²) in [5.41, 5.74) is 2.61. The Morgan fingerprint density at radius 2 is 1.91 bits per heavy atom. The number of fused-ring (bicyclic) bond motifs is 1. The third-order valence-corrected chi connectivity index (χ3v) is 9.88. The van der Waals surface area contributed by atoms with Crippen LogP contribution in [0.5, 0.6) is 0 Å². The Balaban J connectivity index is 1.40. The highest BCUT2D eigenvalue weighted by Gasteiger charge is 2.34. The van der Waals surface area contributed by atoms with Crippen molar-refractivity contribution in [3.8, 4) is 0 Å². The fourth-order valence-electron chi connectivity index (χ4n) is 4.93. The van der Waals surface area contributed by atoms with Crippen LogP contribution in [0.15, 0.2) is 30.3 Å². The van der Waals surface area contributed by atoms with E-state index in [1.807, 2.05) is 30.3 Å². The number of anilines is 1. The van der Waals surface area contributed by atoms with Gasteiger partial charge in [0.15, 0.2) is 0 Å². The largest absolute Gasteiger partial charge is 0.462 e. The monoisotopic (exact) mass is 518 g/mol. The van der Waals surface area contributed by atoms with E-state index in [-0.39, 0.29) is 24.8 Å². The van der Waals surface area contributed by atoms with Gasteiger partial charge < -0.3 is 10.1 Å². The number of ether oxygens (including phenoxy) is 1. The number of esters is 1. The zero-order chi connectivity index (χ0) is 24.8. The molecule has 2 heterocycles. The van der Waals surface area contributed by atoms with Crippen molar-refractivity contribution in [2.24, 2.45) is 5.92 Å². The van der Waals surface area contributed by atoms with Gasteiger partial charge in [-0.3, -0.25) is 4.79 Å². The van der Waals surface area contributed by atoms with Crippen molar-refractivity contribution in [2.75, 3.05) is 30.8 Å². The zero-order valence-electron chi connectivity index (χ0n) is 20.3. The number of amides is 1. The van der Waals surface area contributed by atoms with E-state index >= 15 is 0 Å². The molecule has 1 fully saturated rings. The van der Waals surface area contributed by atoms with E-state index in [9.17, 15) is 18.0 Å². The molecule has 1 N–H and O–H groups in total. The number of carbonyl (C=O) groups excluding carboxylic acids is 2. The summed E-state index contributed by atoms with van der Waals surface area (Å²) in [6, 6.07) is 9.85. The molecule has 4 rings (SSSR count). The second-order valence-electron chi connectivity index (χ2n) is 9.23. The van der Waals surface area contributed by atoms with Crippen molar-refractivity contribution in [1.82, 2.24) is 4.31 Å². The molecular weight excluding hydrogens is 484 g/mol. The molecule has 1 unspecified atom stereocenters. The molecule has 0 radical (unpaired) electrons. The molecule has 7 nitrogen and oxygen atoms in total. The molecular formula is C26H34N2O5S2. The fraction of sp³-hybridized carbons (Fsp3) is 0.538. The summed E-state index contributed by atoms with van der Waals surface area (Å²) in [6.45, 7) is 2.67. The minimum atomic E-state index is -3.44. The fourth-order valence-corrected chi connectivity index (χ4v) is 7.79. The topological polar surface area (TPSA) is 92.8 Å². The molecule has 0 bridgehead atoms. The first kappa shape index (κ1) is 25.9. The molecule has 0 saturated carbocycles. The summed E-state index contributed by atoms with van der Waals surface area (Å²) in [7, 11) is -3.44. The molecule has 9 heteroatoms. The Kier molecular flexibility index (Phi) is 8.62. The number of rotatable bonds is 9. The molecule has 1 aromatic carbocycles. The van der Waals surface area contributed by atoms with Crippen LogP contribution in [-0.4, -0.2) is 50.0 Å². The average Bonchev–Trinajstić information content (AvgIpc) is 3.22. The van der Waals surface area contributed by atoms with Crippen molar-refractivity contribution >= 4 is 38.2 Å². The van der Waals surface area contributed by atoms with E-state index in [0.717, 1.165) is 41.7 Å². The van der Waals surface area contributed by atoms with Crippen LogP contribution < -0.4 is 5.32 Å². The van der Waals surface area contributed by atoms with Gasteiger partial charge in [-0.25, -0.2) is 17.5 Å². The third-order valence-electron chi connectivity index (χ3n) is 6.75. The van der Waals surface area contributed by atoms with Crippen molar-refractivity contribution < 1.29 is 22.7 Å². The first-order chi connectivity index (χ1) is 16.9. The van der Waals surface area contributed by atoms with Crippen molar-refractivity contribution in [3.63, 3.8) is 0 Å². The van der Waals surface area contributed by atoms with E-state index in [1.54, 1.807) is 6.92 Å². The summed E-state index contributed by atoms with van der Waals surface area (Å²) < 4.78 is 32.7. The number of hydrogen-bond donors (Lipinski definition) is 1. The number of aryl methyl sites for hydroxylation is 2. The first-order valence-corrected chi connectivity index (χ1v) is 15.0. The number of sulfonamides is 1. The van der Waals surface area contributed by atoms with Crippen LogP contribution >= 0.6 is 11.3 Å². The number of benzene rings is 1. The second-order valence-corrected chi connectivity index (χ2v) is 12.4. The number of piperidine rings is 1. The van der Waals surface area contributed by atoms with Crippen LogP contribution in [-0.2, 0) is 38.8 Å². The van der Waals surface area contributed by atoms with Gasteiger partial charge in [0.25, 0.3) is 0 Å². The molecule has 2 aliphatic rings. The zero-order valence-corrected chi connectivity index (χ0v) is 21.9. The molecule has 1 aliphatic carbocycles. The lowest BCUT2D eigenvalue weighted by atomic mass is 9.95. The minimum absolute atomic E-state index is 0.0703. The Morgan fingerprint density at radius 3 is 2.69 bits per heavy atom. The number of nitrogens with one attached hydrogen (secondary N) is 1. The van der Waals surface area contributed by atoms with E-state index in [1.165, 1.54) is 15.6 Å². The highest BCUT2D eigenvalue weighted by molar-refractivity contribution is 7.89. The lowest BCUT2D eigenvalue weighted by Gasteiger charge is -2.31. The molecule has 1 amide bonds. The van der Waals surface area contributed by atoms with Crippen LogP contribution in [0.2, 0.25) is 0 Å². The van der Waals surface area contributed by atoms with Crippen LogP contribution in [0.3, 0.4) is 0 Å². The summed E-state index contributed by atoms with van der Waals surface area (Å²) >= 11 is 1.46. The molecule has 190 valence electrons. The Morgan fingerprint density at radius 1 is 1.14 bits per heavy atom. The molecule has 1 aromatic heterocycles. The number of nitrogens with zero attached hydrogens (tertiary/aromatic N) is 1. The predicted molar refractivity (Wildman–Crippen MR) is 138 cm³/mol. The van der Waals surface area contributed by atoms with E-state index in [4.69, 9.17) is 4.74 Å². The van der Waals surface area contributed by atoms with Crippen LogP contribution in [0.4, 0.5) is 5.00 Å². The molecule has 1 atom stereocenters. The summed E-state index contributed by atoms with van der Waals surface area (Å²) in [4.78, 5) is 27.0. The number of hydrogen-bond acceptors (Lipinski definition) is 6. The molecule has 35 heavy (non-hydrogen) atoms. The molecule has 1 aliphatic heterocycles. The standard InChI is InChI=1S/C26H34N2O5S2/c1-2-33-26(30)23-21-14-6-7-15-22(21)34-25(23)27-24(29)20-13-8-16-28(18-20)35(31,32)17-9-12-19-10-4-3-5-11-19/h3-5,10-11,20H,2,6-9,12-18H2,1H3,(H,27,29). The van der Waals surface area contributed by atoms with Crippen molar-refractivity contribution in [2.45, 2.75) is 58.3 Å². The average molecular weight is 519 g/mol. The maximum Gasteiger partial charge on any atom is 0.341 e. The van der Waals surface area contributed by atoms with Crippen LogP contribution in [0.1, 0.15) is 65.4 Å². The van der Waals surface area contributed by atoms with Crippen LogP contribution in [0.25, 0.3) is 0 Å². The predicted octanol–water partition coefficient (Wildman–Crippen LogP) is 4.42. The number of carbonyl (C=O) groups is 2. The SMILES string of the molecule is CCOC(=O)c1c(NC(=O)C2CCCN(S(=O)(=O)CCCc3ccccc3)C2)sc2c1CCCC2. The Hall–Kier alpha value is -2.23. The second kappa shape index (κ2) is 11.7. The normalized spacial score (nSPS) is 18.6. The van der Waals surface area contributed by atoms with Gasteiger partial charge in [0, 0.05) is 18.0 Å². The van der Waals surface area contributed by atoms with Crippen LogP contribution in [0, 0.1) is 5.92 Å². The first-order valence-electron chi connectivity index (χ1n) is 12.5. The molecule has 2 aromatic rings. The van der Waals surface area contributed by atoms with Gasteiger partial charge in [0.05, 0.1) is 23.8 Å². The lowest BCUT2D eigenvalue weighted by Crippen LogP contribution is -2.44. The van der Waals surface area contributed by atoms with Gasteiger partial charge in [-0.1, -0.05) is 30.3 Å². The smallest absolute Gasteiger partial charge is 0.341 e. The Bertz CT molecular complexity index is 1140. The van der Waals surface area contributed by atoms with E-state index < -0.39 is 21.9 Å². The van der Waals surface area contributed by atoms with Gasteiger partial charge in [-0.2, -0.15) is 0 Å². The van der Waals surface area contributed by atoms with Gasteiger partial charge >= 0.3 is 5.97 Å².